The van der Waals surface area contributed by atoms with Gasteiger partial charge in [-0.2, -0.15) is 0 Å². The third-order valence-corrected chi connectivity index (χ3v) is 4.77. The zero-order valence-corrected chi connectivity index (χ0v) is 15.3. The van der Waals surface area contributed by atoms with Crippen LogP contribution in [-0.4, -0.2) is 62.1 Å². The first kappa shape index (κ1) is 18.6. The molecule has 0 spiro atoms. The van der Waals surface area contributed by atoms with Crippen molar-refractivity contribution in [1.29, 1.82) is 0 Å². The van der Waals surface area contributed by atoms with E-state index in [1.807, 2.05) is 18.2 Å². The van der Waals surface area contributed by atoms with Crippen molar-refractivity contribution in [1.82, 2.24) is 0 Å². The number of nitrogens with zero attached hydrogens (tertiary/aromatic N) is 1. The SMILES string of the molecule is C[N+]1(C)CCC(OC(=O)C(OCCO)(c2ccccc2)c2ccco2)C1. The molecule has 140 valence electrons. The highest BCUT2D eigenvalue weighted by molar-refractivity contribution is 5.85. The van der Waals surface area contributed by atoms with E-state index in [0.717, 1.165) is 24.0 Å². The molecule has 1 aliphatic heterocycles. The van der Waals surface area contributed by atoms with Gasteiger partial charge in [0.2, 0.25) is 5.60 Å². The first-order valence-electron chi connectivity index (χ1n) is 8.85. The van der Waals surface area contributed by atoms with Crippen LogP contribution < -0.4 is 0 Å². The largest absolute Gasteiger partial charge is 0.465 e. The highest BCUT2D eigenvalue weighted by atomic mass is 16.6. The molecule has 1 aromatic carbocycles. The number of ether oxygens (including phenoxy) is 2. The second kappa shape index (κ2) is 7.61. The second-order valence-corrected chi connectivity index (χ2v) is 7.25. The maximum absolute atomic E-state index is 13.3. The van der Waals surface area contributed by atoms with E-state index in [4.69, 9.17) is 13.9 Å². The lowest BCUT2D eigenvalue weighted by atomic mass is 9.90. The average molecular weight is 360 g/mol. The van der Waals surface area contributed by atoms with Gasteiger partial charge in [0.25, 0.3) is 0 Å². The molecule has 3 rings (SSSR count). The Morgan fingerprint density at radius 1 is 1.27 bits per heavy atom. The summed E-state index contributed by atoms with van der Waals surface area (Å²) in [7, 11) is 4.24. The lowest BCUT2D eigenvalue weighted by molar-refractivity contribution is -0.879. The summed E-state index contributed by atoms with van der Waals surface area (Å²) in [5, 5.41) is 9.30. The molecule has 6 heteroatoms. The van der Waals surface area contributed by atoms with E-state index in [9.17, 15) is 9.90 Å². The van der Waals surface area contributed by atoms with Crippen molar-refractivity contribution < 1.29 is 28.3 Å². The molecule has 2 unspecified atom stereocenters. The average Bonchev–Trinajstić information content (AvgIpc) is 3.27. The van der Waals surface area contributed by atoms with E-state index < -0.39 is 11.6 Å². The van der Waals surface area contributed by atoms with Crippen LogP contribution in [0.15, 0.2) is 53.1 Å². The number of aliphatic hydroxyl groups excluding tert-OH is 1. The smallest absolute Gasteiger partial charge is 0.351 e. The summed E-state index contributed by atoms with van der Waals surface area (Å²) in [6, 6.07) is 12.5. The monoisotopic (exact) mass is 360 g/mol. The molecule has 0 amide bonds. The summed E-state index contributed by atoms with van der Waals surface area (Å²) in [6.07, 6.45) is 2.13. The minimum Gasteiger partial charge on any atom is -0.465 e. The topological polar surface area (TPSA) is 68.9 Å². The molecule has 0 aliphatic carbocycles. The molecule has 1 aliphatic rings. The van der Waals surface area contributed by atoms with Crippen molar-refractivity contribution in [3.8, 4) is 0 Å². The van der Waals surface area contributed by atoms with Gasteiger partial charge in [0, 0.05) is 12.0 Å². The van der Waals surface area contributed by atoms with Crippen LogP contribution in [0.2, 0.25) is 0 Å². The Kier molecular flexibility index (Phi) is 5.46. The van der Waals surface area contributed by atoms with Crippen LogP contribution >= 0.6 is 0 Å². The fourth-order valence-corrected chi connectivity index (χ4v) is 3.48. The van der Waals surface area contributed by atoms with Crippen molar-refractivity contribution in [3.63, 3.8) is 0 Å². The van der Waals surface area contributed by atoms with Crippen LogP contribution in [0.3, 0.4) is 0 Å². The summed E-state index contributed by atoms with van der Waals surface area (Å²) >= 11 is 0. The van der Waals surface area contributed by atoms with Crippen molar-refractivity contribution >= 4 is 5.97 Å². The molecule has 1 fully saturated rings. The minimum absolute atomic E-state index is 0.0169. The second-order valence-electron chi connectivity index (χ2n) is 7.25. The number of aliphatic hydroxyl groups is 1. The van der Waals surface area contributed by atoms with Crippen LogP contribution in [0.1, 0.15) is 17.7 Å². The van der Waals surface area contributed by atoms with Gasteiger partial charge in [-0.3, -0.25) is 0 Å². The number of furan rings is 1. The van der Waals surface area contributed by atoms with Crippen LogP contribution in [-0.2, 0) is 19.9 Å². The Balaban J connectivity index is 1.97. The van der Waals surface area contributed by atoms with E-state index >= 15 is 0 Å². The molecule has 2 aromatic rings. The lowest BCUT2D eigenvalue weighted by Crippen LogP contribution is -2.44. The van der Waals surface area contributed by atoms with E-state index in [0.29, 0.717) is 11.3 Å². The molecular formula is C20H26NO5+. The number of benzene rings is 1. The van der Waals surface area contributed by atoms with Gasteiger partial charge in [-0.25, -0.2) is 4.79 Å². The zero-order chi connectivity index (χ0) is 18.6. The normalized spacial score (nSPS) is 21.3. The van der Waals surface area contributed by atoms with E-state index in [1.54, 1.807) is 24.3 Å². The van der Waals surface area contributed by atoms with Crippen LogP contribution in [0, 0.1) is 0 Å². The van der Waals surface area contributed by atoms with Crippen molar-refractivity contribution in [3.05, 3.63) is 60.1 Å². The van der Waals surface area contributed by atoms with Crippen molar-refractivity contribution in [2.24, 2.45) is 0 Å². The number of esters is 1. The molecular weight excluding hydrogens is 334 g/mol. The molecule has 1 aromatic heterocycles. The Bertz CT molecular complexity index is 713. The highest BCUT2D eigenvalue weighted by Gasteiger charge is 2.49. The third kappa shape index (κ3) is 3.67. The summed E-state index contributed by atoms with van der Waals surface area (Å²) < 4.78 is 18.2. The highest BCUT2D eigenvalue weighted by Crippen LogP contribution is 2.36. The van der Waals surface area contributed by atoms with Gasteiger partial charge < -0.3 is 23.5 Å². The van der Waals surface area contributed by atoms with Gasteiger partial charge >= 0.3 is 5.97 Å². The molecule has 1 saturated heterocycles. The minimum atomic E-state index is -1.53. The molecule has 0 radical (unpaired) electrons. The maximum Gasteiger partial charge on any atom is 0.351 e. The molecule has 1 N–H and O–H groups in total. The lowest BCUT2D eigenvalue weighted by Gasteiger charge is -2.31. The van der Waals surface area contributed by atoms with E-state index in [-0.39, 0.29) is 19.3 Å². The molecule has 2 heterocycles. The van der Waals surface area contributed by atoms with Crippen LogP contribution in [0.25, 0.3) is 0 Å². The number of hydrogen-bond acceptors (Lipinski definition) is 5. The molecule has 0 saturated carbocycles. The maximum atomic E-state index is 13.3. The van der Waals surface area contributed by atoms with E-state index in [2.05, 4.69) is 14.1 Å². The number of likely N-dealkylation sites (tertiary alicyclic amines) is 1. The van der Waals surface area contributed by atoms with Gasteiger partial charge in [-0.05, 0) is 12.1 Å². The fourth-order valence-electron chi connectivity index (χ4n) is 3.48. The Morgan fingerprint density at radius 2 is 2.04 bits per heavy atom. The van der Waals surface area contributed by atoms with E-state index in [1.165, 1.54) is 6.26 Å². The number of likely N-dealkylation sites (N-methyl/N-ethyl adjacent to an activating group) is 1. The fraction of sp³-hybridized carbons (Fsp3) is 0.450. The Labute approximate surface area is 153 Å². The first-order chi connectivity index (χ1) is 12.5. The number of hydrogen-bond donors (Lipinski definition) is 1. The summed E-state index contributed by atoms with van der Waals surface area (Å²) in [5.41, 5.74) is -0.923. The molecule has 2 atom stereocenters. The standard InChI is InChI=1S/C20H26NO5/c1-21(2)11-10-17(15-21)26-19(23)20(25-14-12-22,18-9-6-13-24-18)16-7-4-3-5-8-16/h3-9,13,17,22H,10-12,14-15H2,1-2H3/q+1. The Morgan fingerprint density at radius 3 is 2.62 bits per heavy atom. The Hall–Kier alpha value is -2.15. The predicted molar refractivity (Wildman–Crippen MR) is 95.3 cm³/mol. The van der Waals surface area contributed by atoms with Crippen molar-refractivity contribution in [2.75, 3.05) is 40.4 Å². The van der Waals surface area contributed by atoms with Gasteiger partial charge in [-0.15, -0.1) is 0 Å². The molecule has 0 bridgehead atoms. The number of quaternary nitrogens is 1. The summed E-state index contributed by atoms with van der Waals surface area (Å²) in [5.74, 6) is -0.173. The van der Waals surface area contributed by atoms with Crippen molar-refractivity contribution in [2.45, 2.75) is 18.1 Å². The number of carbonyl (C=O) groups excluding carboxylic acids is 1. The molecule has 26 heavy (non-hydrogen) atoms. The summed E-state index contributed by atoms with van der Waals surface area (Å²) in [6.45, 7) is 1.48. The van der Waals surface area contributed by atoms with Gasteiger partial charge in [0.05, 0.1) is 40.1 Å². The quantitative estimate of drug-likeness (QED) is 0.604. The number of rotatable bonds is 7. The predicted octanol–water partition coefficient (Wildman–Crippen LogP) is 1.92. The third-order valence-electron chi connectivity index (χ3n) is 4.77. The first-order valence-corrected chi connectivity index (χ1v) is 8.85. The van der Waals surface area contributed by atoms with Crippen LogP contribution in [0.5, 0.6) is 0 Å². The number of carbonyl (C=O) groups is 1. The van der Waals surface area contributed by atoms with Gasteiger partial charge in [0.15, 0.2) is 11.9 Å². The van der Waals surface area contributed by atoms with Gasteiger partial charge in [-0.1, -0.05) is 30.3 Å². The summed E-state index contributed by atoms with van der Waals surface area (Å²) in [4.78, 5) is 13.3. The zero-order valence-electron chi connectivity index (χ0n) is 15.3. The molecule has 6 nitrogen and oxygen atoms in total. The van der Waals surface area contributed by atoms with Crippen LogP contribution in [0.4, 0.5) is 0 Å². The van der Waals surface area contributed by atoms with Gasteiger partial charge in [0.1, 0.15) is 6.54 Å².